The van der Waals surface area contributed by atoms with Gasteiger partial charge in [-0.25, -0.2) is 9.97 Å². The lowest BCUT2D eigenvalue weighted by molar-refractivity contribution is -0.117. The van der Waals surface area contributed by atoms with Crippen molar-refractivity contribution in [1.29, 1.82) is 0 Å². The Labute approximate surface area is 107 Å². The number of likely N-dealkylation sites (tertiary alicyclic amines) is 1. The average Bonchev–Trinajstić information content (AvgIpc) is 2.78. The molecule has 0 saturated carbocycles. The fourth-order valence-electron chi connectivity index (χ4n) is 2.17. The SMILES string of the molecule is CC(N)C1CCN(CC(=O)Nc2ncccn2)C1. The summed E-state index contributed by atoms with van der Waals surface area (Å²) in [4.78, 5) is 21.8. The van der Waals surface area contributed by atoms with E-state index in [9.17, 15) is 4.79 Å². The van der Waals surface area contributed by atoms with Crippen LogP contribution in [0.2, 0.25) is 0 Å². The number of nitrogens with two attached hydrogens (primary N) is 1. The summed E-state index contributed by atoms with van der Waals surface area (Å²) in [6, 6.07) is 1.90. The maximum Gasteiger partial charge on any atom is 0.240 e. The molecule has 1 aromatic heterocycles. The summed E-state index contributed by atoms with van der Waals surface area (Å²) in [5, 5.41) is 2.68. The van der Waals surface area contributed by atoms with E-state index < -0.39 is 0 Å². The zero-order valence-electron chi connectivity index (χ0n) is 10.5. The first kappa shape index (κ1) is 12.9. The molecular weight excluding hydrogens is 230 g/mol. The molecule has 0 spiro atoms. The van der Waals surface area contributed by atoms with Crippen LogP contribution in [0.15, 0.2) is 18.5 Å². The highest BCUT2D eigenvalue weighted by Crippen LogP contribution is 2.18. The van der Waals surface area contributed by atoms with E-state index >= 15 is 0 Å². The fraction of sp³-hybridized carbons (Fsp3) is 0.583. The number of rotatable bonds is 4. The van der Waals surface area contributed by atoms with Crippen LogP contribution >= 0.6 is 0 Å². The number of hydrogen-bond donors (Lipinski definition) is 2. The summed E-state index contributed by atoms with van der Waals surface area (Å²) in [5.74, 6) is 0.766. The van der Waals surface area contributed by atoms with E-state index in [0.29, 0.717) is 18.4 Å². The zero-order chi connectivity index (χ0) is 13.0. The van der Waals surface area contributed by atoms with Crippen LogP contribution in [0.25, 0.3) is 0 Å². The Balaban J connectivity index is 1.79. The van der Waals surface area contributed by atoms with Crippen molar-refractivity contribution in [2.24, 2.45) is 11.7 Å². The molecule has 18 heavy (non-hydrogen) atoms. The van der Waals surface area contributed by atoms with Gasteiger partial charge in [-0.3, -0.25) is 15.0 Å². The second kappa shape index (κ2) is 5.88. The maximum absolute atomic E-state index is 11.8. The number of carbonyl (C=O) groups is 1. The molecule has 0 aliphatic carbocycles. The van der Waals surface area contributed by atoms with E-state index in [4.69, 9.17) is 5.73 Å². The number of anilines is 1. The highest BCUT2D eigenvalue weighted by Gasteiger charge is 2.26. The first-order chi connectivity index (χ1) is 8.65. The van der Waals surface area contributed by atoms with Gasteiger partial charge in [0.15, 0.2) is 0 Å². The molecular formula is C12H19N5O. The van der Waals surface area contributed by atoms with E-state index in [0.717, 1.165) is 19.5 Å². The Morgan fingerprint density at radius 3 is 2.94 bits per heavy atom. The molecule has 1 fully saturated rings. The normalized spacial score (nSPS) is 21.8. The maximum atomic E-state index is 11.8. The molecule has 1 aromatic rings. The molecule has 0 radical (unpaired) electrons. The lowest BCUT2D eigenvalue weighted by Gasteiger charge is -2.17. The number of aromatic nitrogens is 2. The molecule has 98 valence electrons. The van der Waals surface area contributed by atoms with Gasteiger partial charge in [0, 0.05) is 25.0 Å². The van der Waals surface area contributed by atoms with Crippen LogP contribution in [0.1, 0.15) is 13.3 Å². The van der Waals surface area contributed by atoms with Crippen molar-refractivity contribution in [3.63, 3.8) is 0 Å². The quantitative estimate of drug-likeness (QED) is 0.789. The van der Waals surface area contributed by atoms with Crippen molar-refractivity contribution < 1.29 is 4.79 Å². The topological polar surface area (TPSA) is 84.1 Å². The highest BCUT2D eigenvalue weighted by molar-refractivity contribution is 5.90. The van der Waals surface area contributed by atoms with Crippen molar-refractivity contribution in [1.82, 2.24) is 14.9 Å². The Bertz CT molecular complexity index is 395. The monoisotopic (exact) mass is 249 g/mol. The molecule has 3 N–H and O–H groups in total. The minimum Gasteiger partial charge on any atom is -0.328 e. The summed E-state index contributed by atoms with van der Waals surface area (Å²) in [5.41, 5.74) is 5.87. The number of hydrogen-bond acceptors (Lipinski definition) is 5. The lowest BCUT2D eigenvalue weighted by atomic mass is 10.0. The van der Waals surface area contributed by atoms with Gasteiger partial charge in [0.1, 0.15) is 0 Å². The Hall–Kier alpha value is -1.53. The number of carbonyl (C=O) groups excluding carboxylic acids is 1. The standard InChI is InChI=1S/C12H19N5O/c1-9(13)10-3-6-17(7-10)8-11(18)16-12-14-4-2-5-15-12/h2,4-5,9-10H,3,6-8,13H2,1H3,(H,14,15,16,18). The molecule has 2 rings (SSSR count). The molecule has 6 heteroatoms. The first-order valence-electron chi connectivity index (χ1n) is 6.20. The van der Waals surface area contributed by atoms with E-state index in [1.807, 2.05) is 6.92 Å². The van der Waals surface area contributed by atoms with E-state index in [1.165, 1.54) is 0 Å². The Morgan fingerprint density at radius 1 is 1.61 bits per heavy atom. The van der Waals surface area contributed by atoms with E-state index in [2.05, 4.69) is 20.2 Å². The molecule has 1 aliphatic heterocycles. The van der Waals surface area contributed by atoms with Crippen molar-refractivity contribution in [2.45, 2.75) is 19.4 Å². The van der Waals surface area contributed by atoms with Crippen LogP contribution < -0.4 is 11.1 Å². The third-order valence-corrected chi connectivity index (χ3v) is 3.24. The third kappa shape index (κ3) is 3.48. The van der Waals surface area contributed by atoms with E-state index in [1.54, 1.807) is 18.5 Å². The second-order valence-corrected chi connectivity index (χ2v) is 4.76. The van der Waals surface area contributed by atoms with Gasteiger partial charge >= 0.3 is 0 Å². The largest absolute Gasteiger partial charge is 0.328 e. The summed E-state index contributed by atoms with van der Waals surface area (Å²) in [6.45, 7) is 4.21. The van der Waals surface area contributed by atoms with Gasteiger partial charge in [0.05, 0.1) is 6.54 Å². The summed E-state index contributed by atoms with van der Waals surface area (Å²) >= 11 is 0. The Morgan fingerprint density at radius 2 is 2.33 bits per heavy atom. The van der Waals surface area contributed by atoms with Crippen molar-refractivity contribution in [3.8, 4) is 0 Å². The summed E-state index contributed by atoms with van der Waals surface area (Å²) < 4.78 is 0. The van der Waals surface area contributed by atoms with E-state index in [-0.39, 0.29) is 11.9 Å². The lowest BCUT2D eigenvalue weighted by Crippen LogP contribution is -2.34. The van der Waals surface area contributed by atoms with Gasteiger partial charge in [-0.2, -0.15) is 0 Å². The van der Waals surface area contributed by atoms with Gasteiger partial charge < -0.3 is 5.73 Å². The molecule has 1 amide bonds. The minimum atomic E-state index is -0.0773. The predicted molar refractivity (Wildman–Crippen MR) is 68.9 cm³/mol. The smallest absolute Gasteiger partial charge is 0.240 e. The van der Waals surface area contributed by atoms with Crippen molar-refractivity contribution in [2.75, 3.05) is 25.0 Å². The third-order valence-electron chi connectivity index (χ3n) is 3.24. The molecule has 0 bridgehead atoms. The van der Waals surface area contributed by atoms with Crippen LogP contribution in [0.3, 0.4) is 0 Å². The number of amides is 1. The van der Waals surface area contributed by atoms with Crippen LogP contribution in [0.5, 0.6) is 0 Å². The molecule has 1 saturated heterocycles. The number of nitrogens with one attached hydrogen (secondary N) is 1. The van der Waals surface area contributed by atoms with Crippen molar-refractivity contribution in [3.05, 3.63) is 18.5 Å². The van der Waals surface area contributed by atoms with Gasteiger partial charge in [-0.15, -0.1) is 0 Å². The van der Waals surface area contributed by atoms with Crippen LogP contribution in [-0.2, 0) is 4.79 Å². The van der Waals surface area contributed by atoms with Gasteiger partial charge in [0.25, 0.3) is 0 Å². The van der Waals surface area contributed by atoms with Gasteiger partial charge in [-0.05, 0) is 31.9 Å². The molecule has 0 aromatic carbocycles. The Kier molecular flexibility index (Phi) is 4.22. The molecule has 1 aliphatic rings. The highest BCUT2D eigenvalue weighted by atomic mass is 16.2. The van der Waals surface area contributed by atoms with Gasteiger partial charge in [0.2, 0.25) is 11.9 Å². The fourth-order valence-corrected chi connectivity index (χ4v) is 2.17. The molecule has 2 atom stereocenters. The number of nitrogens with zero attached hydrogens (tertiary/aromatic N) is 3. The zero-order valence-corrected chi connectivity index (χ0v) is 10.5. The van der Waals surface area contributed by atoms with Crippen LogP contribution in [0.4, 0.5) is 5.95 Å². The second-order valence-electron chi connectivity index (χ2n) is 4.76. The van der Waals surface area contributed by atoms with Crippen LogP contribution in [-0.4, -0.2) is 46.5 Å². The molecule has 2 heterocycles. The van der Waals surface area contributed by atoms with Gasteiger partial charge in [-0.1, -0.05) is 0 Å². The molecule has 6 nitrogen and oxygen atoms in total. The predicted octanol–water partition coefficient (Wildman–Crippen LogP) is 0.0842. The van der Waals surface area contributed by atoms with Crippen LogP contribution in [0, 0.1) is 5.92 Å². The summed E-state index contributed by atoms with van der Waals surface area (Å²) in [7, 11) is 0. The van der Waals surface area contributed by atoms with Crippen molar-refractivity contribution >= 4 is 11.9 Å². The summed E-state index contributed by atoms with van der Waals surface area (Å²) in [6.07, 6.45) is 4.27. The first-order valence-corrected chi connectivity index (χ1v) is 6.20. The minimum absolute atomic E-state index is 0.0773. The average molecular weight is 249 g/mol. The molecule has 2 unspecified atom stereocenters.